The van der Waals surface area contributed by atoms with E-state index >= 15 is 0 Å². The summed E-state index contributed by atoms with van der Waals surface area (Å²) in [6, 6.07) is 3.40. The van der Waals surface area contributed by atoms with Crippen molar-refractivity contribution in [3.05, 3.63) is 35.0 Å². The number of hydrogen-bond acceptors (Lipinski definition) is 6. The molecular formula is C14H15F3N6. The third-order valence-electron chi connectivity index (χ3n) is 3.08. The van der Waals surface area contributed by atoms with Crippen LogP contribution < -0.4 is 16.4 Å². The minimum Gasteiger partial charge on any atom is -0.398 e. The van der Waals surface area contributed by atoms with Gasteiger partial charge in [-0.3, -0.25) is 0 Å². The number of alkyl halides is 3. The number of rotatable bonds is 4. The predicted octanol–water partition coefficient (Wildman–Crippen LogP) is 3.17. The van der Waals surface area contributed by atoms with Crippen LogP contribution in [0.25, 0.3) is 0 Å². The van der Waals surface area contributed by atoms with Gasteiger partial charge in [-0.05, 0) is 24.6 Å². The lowest BCUT2D eigenvalue weighted by molar-refractivity contribution is -0.137. The Morgan fingerprint density at radius 2 is 2.00 bits per heavy atom. The van der Waals surface area contributed by atoms with Crippen molar-refractivity contribution in [3.8, 4) is 0 Å². The summed E-state index contributed by atoms with van der Waals surface area (Å²) in [5.41, 5.74) is 6.93. The molecule has 0 atom stereocenters. The second-order valence-corrected chi connectivity index (χ2v) is 4.79. The van der Waals surface area contributed by atoms with E-state index in [1.165, 1.54) is 7.05 Å². The number of nitrogens with one attached hydrogen (secondary N) is 3. The van der Waals surface area contributed by atoms with Crippen molar-refractivity contribution in [1.29, 1.82) is 5.41 Å². The fourth-order valence-corrected chi connectivity index (χ4v) is 2.05. The van der Waals surface area contributed by atoms with E-state index in [2.05, 4.69) is 20.6 Å². The number of anilines is 4. The molecule has 0 radical (unpaired) electrons. The lowest BCUT2D eigenvalue weighted by Gasteiger charge is -2.14. The summed E-state index contributed by atoms with van der Waals surface area (Å²) in [4.78, 5) is 7.50. The van der Waals surface area contributed by atoms with Crippen molar-refractivity contribution in [3.63, 3.8) is 0 Å². The summed E-state index contributed by atoms with van der Waals surface area (Å²) in [7, 11) is 1.34. The van der Waals surface area contributed by atoms with Gasteiger partial charge in [0, 0.05) is 30.7 Å². The number of hydrogen-bond donors (Lipinski definition) is 4. The Balaban J connectivity index is 2.44. The minimum atomic E-state index is -4.55. The third kappa shape index (κ3) is 3.50. The van der Waals surface area contributed by atoms with E-state index in [0.29, 0.717) is 23.1 Å². The average Bonchev–Trinajstić information content (AvgIpc) is 2.45. The number of benzene rings is 1. The molecule has 122 valence electrons. The standard InChI is InChI=1S/C14H15F3N6/c1-7-3-10(19)8(5-18)11(4-7)22-13-21-6-9(14(15,16)17)12(20-2)23-13/h3-6,18H,19H2,1-2H3,(H2,20,21,22,23). The third-order valence-corrected chi connectivity index (χ3v) is 3.08. The molecule has 0 spiro atoms. The molecule has 0 amide bonds. The predicted molar refractivity (Wildman–Crippen MR) is 83.3 cm³/mol. The Labute approximate surface area is 130 Å². The Hall–Kier alpha value is -2.84. The van der Waals surface area contributed by atoms with Crippen LogP contribution in [0.4, 0.5) is 36.3 Å². The fraction of sp³-hybridized carbons (Fsp3) is 0.214. The molecule has 5 N–H and O–H groups in total. The van der Waals surface area contributed by atoms with Crippen molar-refractivity contribution < 1.29 is 13.2 Å². The molecule has 23 heavy (non-hydrogen) atoms. The zero-order valence-corrected chi connectivity index (χ0v) is 12.4. The van der Waals surface area contributed by atoms with Crippen LogP contribution in [-0.4, -0.2) is 23.2 Å². The molecule has 0 saturated carbocycles. The topological polar surface area (TPSA) is 99.7 Å². The molecule has 9 heteroatoms. The molecule has 1 aromatic heterocycles. The first-order valence-electron chi connectivity index (χ1n) is 6.56. The second-order valence-electron chi connectivity index (χ2n) is 4.79. The van der Waals surface area contributed by atoms with Gasteiger partial charge in [-0.1, -0.05) is 0 Å². The zero-order valence-electron chi connectivity index (χ0n) is 12.4. The minimum absolute atomic E-state index is 0.0320. The highest BCUT2D eigenvalue weighted by Crippen LogP contribution is 2.34. The first-order chi connectivity index (χ1) is 10.8. The summed E-state index contributed by atoms with van der Waals surface area (Å²) in [5, 5.41) is 12.6. The smallest absolute Gasteiger partial charge is 0.398 e. The van der Waals surface area contributed by atoms with Crippen molar-refractivity contribution in [2.45, 2.75) is 13.1 Å². The van der Waals surface area contributed by atoms with Gasteiger partial charge >= 0.3 is 6.18 Å². The number of nitrogens with zero attached hydrogens (tertiary/aromatic N) is 2. The molecule has 0 saturated heterocycles. The zero-order chi connectivity index (χ0) is 17.2. The molecule has 1 heterocycles. The van der Waals surface area contributed by atoms with E-state index in [1.54, 1.807) is 12.1 Å². The maximum absolute atomic E-state index is 12.8. The van der Waals surface area contributed by atoms with E-state index in [4.69, 9.17) is 11.1 Å². The Morgan fingerprint density at radius 3 is 2.57 bits per heavy atom. The van der Waals surface area contributed by atoms with Gasteiger partial charge in [-0.15, -0.1) is 0 Å². The van der Waals surface area contributed by atoms with Gasteiger partial charge in [0.15, 0.2) is 0 Å². The van der Waals surface area contributed by atoms with E-state index in [1.807, 2.05) is 6.92 Å². The van der Waals surface area contributed by atoms with Crippen molar-refractivity contribution in [1.82, 2.24) is 9.97 Å². The molecule has 1 aromatic carbocycles. The van der Waals surface area contributed by atoms with Gasteiger partial charge < -0.3 is 21.8 Å². The van der Waals surface area contributed by atoms with Gasteiger partial charge in [0.25, 0.3) is 0 Å². The van der Waals surface area contributed by atoms with Gasteiger partial charge in [0.1, 0.15) is 11.4 Å². The van der Waals surface area contributed by atoms with E-state index in [-0.39, 0.29) is 11.8 Å². The average molecular weight is 324 g/mol. The van der Waals surface area contributed by atoms with Gasteiger partial charge in [-0.2, -0.15) is 18.2 Å². The van der Waals surface area contributed by atoms with Crippen molar-refractivity contribution in [2.24, 2.45) is 0 Å². The van der Waals surface area contributed by atoms with Crippen LogP contribution in [0.5, 0.6) is 0 Å². The number of nitrogen functional groups attached to an aromatic ring is 1. The van der Waals surface area contributed by atoms with E-state index in [9.17, 15) is 13.2 Å². The molecule has 0 fully saturated rings. The highest BCUT2D eigenvalue weighted by Gasteiger charge is 2.35. The summed E-state index contributed by atoms with van der Waals surface area (Å²) in [6.45, 7) is 1.81. The highest BCUT2D eigenvalue weighted by atomic mass is 19.4. The summed E-state index contributed by atoms with van der Waals surface area (Å²) >= 11 is 0. The summed E-state index contributed by atoms with van der Waals surface area (Å²) in [6.07, 6.45) is -2.80. The van der Waals surface area contributed by atoms with Crippen LogP contribution in [0.15, 0.2) is 18.3 Å². The second kappa shape index (κ2) is 6.11. The number of aryl methyl sites for hydroxylation is 1. The summed E-state index contributed by atoms with van der Waals surface area (Å²) in [5.74, 6) is -0.373. The van der Waals surface area contributed by atoms with E-state index < -0.39 is 11.7 Å². The molecule has 2 rings (SSSR count). The highest BCUT2D eigenvalue weighted by molar-refractivity contribution is 5.94. The SMILES string of the molecule is CNc1nc(Nc2cc(C)cc(N)c2C=N)ncc1C(F)(F)F. The van der Waals surface area contributed by atoms with Crippen LogP contribution in [-0.2, 0) is 6.18 Å². The van der Waals surface area contributed by atoms with Gasteiger partial charge in [0.05, 0.1) is 5.69 Å². The van der Waals surface area contributed by atoms with Crippen LogP contribution in [0, 0.1) is 12.3 Å². The van der Waals surface area contributed by atoms with Crippen LogP contribution >= 0.6 is 0 Å². The maximum atomic E-state index is 12.8. The van der Waals surface area contributed by atoms with Crippen LogP contribution in [0.3, 0.4) is 0 Å². The van der Waals surface area contributed by atoms with E-state index in [0.717, 1.165) is 11.8 Å². The Kier molecular flexibility index (Phi) is 4.39. The van der Waals surface area contributed by atoms with Crippen molar-refractivity contribution in [2.75, 3.05) is 23.4 Å². The van der Waals surface area contributed by atoms with Gasteiger partial charge in [0.2, 0.25) is 5.95 Å². The van der Waals surface area contributed by atoms with Crippen molar-refractivity contribution >= 4 is 29.4 Å². The Bertz CT molecular complexity index is 742. The molecule has 0 unspecified atom stereocenters. The Morgan fingerprint density at radius 1 is 1.30 bits per heavy atom. The number of nitrogens with two attached hydrogens (primary N) is 1. The van der Waals surface area contributed by atoms with Gasteiger partial charge in [-0.25, -0.2) is 4.98 Å². The lowest BCUT2D eigenvalue weighted by atomic mass is 10.1. The van der Waals surface area contributed by atoms with Crippen LogP contribution in [0.1, 0.15) is 16.7 Å². The summed E-state index contributed by atoms with van der Waals surface area (Å²) < 4.78 is 38.5. The fourth-order valence-electron chi connectivity index (χ4n) is 2.05. The molecule has 0 aliphatic heterocycles. The first kappa shape index (κ1) is 16.5. The lowest BCUT2D eigenvalue weighted by Crippen LogP contribution is -2.13. The molecule has 0 bridgehead atoms. The molecular weight excluding hydrogens is 309 g/mol. The molecule has 0 aliphatic rings. The molecule has 2 aromatic rings. The number of aromatic nitrogens is 2. The normalized spacial score (nSPS) is 11.2. The molecule has 0 aliphatic carbocycles. The monoisotopic (exact) mass is 324 g/mol. The number of halogens is 3. The first-order valence-corrected chi connectivity index (χ1v) is 6.56. The van der Waals surface area contributed by atoms with Crippen LogP contribution in [0.2, 0.25) is 0 Å². The maximum Gasteiger partial charge on any atom is 0.421 e. The largest absolute Gasteiger partial charge is 0.421 e. The quantitative estimate of drug-likeness (QED) is 0.511. The molecule has 6 nitrogen and oxygen atoms in total.